The number of nitriles is 1. The molecular weight excluding hydrogens is 296 g/mol. The molecular formula is C15H22N6O2. The Morgan fingerprint density at radius 1 is 1.43 bits per heavy atom. The average molecular weight is 318 g/mol. The van der Waals surface area contributed by atoms with E-state index in [4.69, 9.17) is 10.00 Å². The van der Waals surface area contributed by atoms with Crippen molar-refractivity contribution in [3.05, 3.63) is 6.33 Å². The van der Waals surface area contributed by atoms with Crippen LogP contribution >= 0.6 is 0 Å². The molecule has 1 amide bonds. The zero-order chi connectivity index (χ0) is 17.4. The molecule has 0 saturated carbocycles. The summed E-state index contributed by atoms with van der Waals surface area (Å²) in [5, 5.41) is 11.2. The summed E-state index contributed by atoms with van der Waals surface area (Å²) in [6.07, 6.45) is 1.83. The Labute approximate surface area is 135 Å². The standard InChI is InChI=1S/C13H16N6O2.C2H6/c1-8(2)11(20)17-13-16-10-9(15-7-19(10)3)12(18-13)21-6-4-5-14;1-2/h7-8H,4,6H2,1-3H3,(H,16,17,18,20);1-2H3. The fourth-order valence-corrected chi connectivity index (χ4v) is 1.59. The van der Waals surface area contributed by atoms with Crippen LogP contribution in [-0.2, 0) is 11.8 Å². The monoisotopic (exact) mass is 318 g/mol. The summed E-state index contributed by atoms with van der Waals surface area (Å²) in [6.45, 7) is 7.77. The predicted octanol–water partition coefficient (Wildman–Crippen LogP) is 2.28. The number of imidazole rings is 1. The lowest BCUT2D eigenvalue weighted by Crippen LogP contribution is -2.19. The van der Waals surface area contributed by atoms with E-state index >= 15 is 0 Å². The molecule has 8 nitrogen and oxygen atoms in total. The van der Waals surface area contributed by atoms with E-state index in [0.717, 1.165) is 0 Å². The van der Waals surface area contributed by atoms with Crippen LogP contribution in [0.25, 0.3) is 11.2 Å². The van der Waals surface area contributed by atoms with Gasteiger partial charge in [0.25, 0.3) is 0 Å². The summed E-state index contributed by atoms with van der Waals surface area (Å²) in [6, 6.07) is 1.99. The Balaban J connectivity index is 0.00000127. The molecule has 2 aromatic rings. The van der Waals surface area contributed by atoms with E-state index in [1.165, 1.54) is 0 Å². The third-order valence-electron chi connectivity index (χ3n) is 2.74. The van der Waals surface area contributed by atoms with Crippen molar-refractivity contribution in [2.45, 2.75) is 34.1 Å². The second-order valence-corrected chi connectivity index (χ2v) is 4.78. The van der Waals surface area contributed by atoms with Gasteiger partial charge in [0.15, 0.2) is 11.2 Å². The van der Waals surface area contributed by atoms with Gasteiger partial charge in [-0.05, 0) is 0 Å². The number of carbonyl (C=O) groups is 1. The van der Waals surface area contributed by atoms with Crippen LogP contribution in [0.1, 0.15) is 34.1 Å². The fourth-order valence-electron chi connectivity index (χ4n) is 1.59. The van der Waals surface area contributed by atoms with Gasteiger partial charge in [0.1, 0.15) is 6.61 Å². The van der Waals surface area contributed by atoms with Gasteiger partial charge in [-0.25, -0.2) is 4.98 Å². The fraction of sp³-hybridized carbons (Fsp3) is 0.533. The topological polar surface area (TPSA) is 106 Å². The molecule has 0 atom stereocenters. The summed E-state index contributed by atoms with van der Waals surface area (Å²) < 4.78 is 7.16. The first kappa shape index (κ1) is 18.4. The molecule has 0 radical (unpaired) electrons. The van der Waals surface area contributed by atoms with Gasteiger partial charge in [-0.1, -0.05) is 27.7 Å². The maximum absolute atomic E-state index is 11.7. The molecule has 0 aliphatic rings. The largest absolute Gasteiger partial charge is 0.475 e. The second-order valence-electron chi connectivity index (χ2n) is 4.78. The smallest absolute Gasteiger partial charge is 0.247 e. The highest BCUT2D eigenvalue weighted by Crippen LogP contribution is 2.22. The van der Waals surface area contributed by atoms with Gasteiger partial charge in [0.2, 0.25) is 17.7 Å². The Morgan fingerprint density at radius 3 is 2.74 bits per heavy atom. The van der Waals surface area contributed by atoms with Crippen LogP contribution in [0.4, 0.5) is 5.95 Å². The molecule has 0 saturated heterocycles. The van der Waals surface area contributed by atoms with Crippen LogP contribution in [0.15, 0.2) is 6.33 Å². The lowest BCUT2D eigenvalue weighted by atomic mass is 10.2. The number of nitrogens with zero attached hydrogens (tertiary/aromatic N) is 5. The van der Waals surface area contributed by atoms with Crippen LogP contribution in [0, 0.1) is 17.2 Å². The maximum atomic E-state index is 11.7. The third-order valence-corrected chi connectivity index (χ3v) is 2.74. The zero-order valence-corrected chi connectivity index (χ0v) is 14.1. The van der Waals surface area contributed by atoms with Crippen molar-refractivity contribution in [1.82, 2.24) is 19.5 Å². The van der Waals surface area contributed by atoms with Gasteiger partial charge in [0, 0.05) is 13.0 Å². The van der Waals surface area contributed by atoms with E-state index in [1.54, 1.807) is 31.8 Å². The Kier molecular flexibility index (Phi) is 6.93. The lowest BCUT2D eigenvalue weighted by molar-refractivity contribution is -0.118. The van der Waals surface area contributed by atoms with Gasteiger partial charge in [0.05, 0.1) is 18.8 Å². The van der Waals surface area contributed by atoms with E-state index in [9.17, 15) is 4.79 Å². The summed E-state index contributed by atoms with van der Waals surface area (Å²) in [5.74, 6) is 0.0601. The number of amides is 1. The van der Waals surface area contributed by atoms with Crippen molar-refractivity contribution in [2.75, 3.05) is 11.9 Å². The molecule has 2 rings (SSSR count). The Morgan fingerprint density at radius 2 is 2.13 bits per heavy atom. The number of anilines is 1. The van der Waals surface area contributed by atoms with Crippen LogP contribution in [0.3, 0.4) is 0 Å². The number of fused-ring (bicyclic) bond motifs is 1. The molecule has 0 spiro atoms. The number of hydrogen-bond donors (Lipinski definition) is 1. The molecule has 2 heterocycles. The van der Waals surface area contributed by atoms with Crippen molar-refractivity contribution in [3.63, 3.8) is 0 Å². The highest BCUT2D eigenvalue weighted by Gasteiger charge is 2.16. The molecule has 0 aliphatic carbocycles. The van der Waals surface area contributed by atoms with Gasteiger partial charge in [-0.2, -0.15) is 15.2 Å². The minimum atomic E-state index is -0.182. The van der Waals surface area contributed by atoms with Crippen molar-refractivity contribution in [2.24, 2.45) is 13.0 Å². The summed E-state index contributed by atoms with van der Waals surface area (Å²) in [5.41, 5.74) is 1.05. The van der Waals surface area contributed by atoms with Gasteiger partial charge >= 0.3 is 0 Å². The number of aromatic nitrogens is 4. The molecule has 124 valence electrons. The van der Waals surface area contributed by atoms with Crippen LogP contribution in [0.5, 0.6) is 5.88 Å². The van der Waals surface area contributed by atoms with E-state index in [0.29, 0.717) is 11.2 Å². The Bertz CT molecular complexity index is 702. The normalized spacial score (nSPS) is 9.96. The van der Waals surface area contributed by atoms with Crippen molar-refractivity contribution in [3.8, 4) is 11.9 Å². The van der Waals surface area contributed by atoms with Gasteiger partial charge in [-0.15, -0.1) is 0 Å². The zero-order valence-electron chi connectivity index (χ0n) is 14.1. The average Bonchev–Trinajstić information content (AvgIpc) is 2.91. The number of ether oxygens (including phenoxy) is 1. The van der Waals surface area contributed by atoms with Gasteiger partial charge in [-0.3, -0.25) is 10.1 Å². The summed E-state index contributed by atoms with van der Waals surface area (Å²) >= 11 is 0. The van der Waals surface area contributed by atoms with Gasteiger partial charge < -0.3 is 9.30 Å². The number of carbonyl (C=O) groups excluding carboxylic acids is 1. The van der Waals surface area contributed by atoms with E-state index in [1.807, 2.05) is 19.9 Å². The quantitative estimate of drug-likeness (QED) is 0.848. The molecule has 8 heteroatoms. The molecule has 0 aromatic carbocycles. The predicted molar refractivity (Wildman–Crippen MR) is 86.8 cm³/mol. The highest BCUT2D eigenvalue weighted by molar-refractivity contribution is 5.91. The van der Waals surface area contributed by atoms with E-state index in [2.05, 4.69) is 20.3 Å². The number of aryl methyl sites for hydroxylation is 1. The van der Waals surface area contributed by atoms with Crippen LogP contribution in [0.2, 0.25) is 0 Å². The molecule has 23 heavy (non-hydrogen) atoms. The Hall–Kier alpha value is -2.69. The molecule has 0 fully saturated rings. The molecule has 1 N–H and O–H groups in total. The first-order valence-electron chi connectivity index (χ1n) is 7.52. The van der Waals surface area contributed by atoms with E-state index < -0.39 is 0 Å². The second kappa shape index (κ2) is 8.68. The molecule has 0 aliphatic heterocycles. The minimum absolute atomic E-state index is 0.164. The first-order valence-corrected chi connectivity index (χ1v) is 7.52. The SMILES string of the molecule is CC.CC(C)C(=O)Nc1nc(OCCC#N)c2ncn(C)c2n1. The van der Waals surface area contributed by atoms with Crippen LogP contribution < -0.4 is 10.1 Å². The van der Waals surface area contributed by atoms with Crippen molar-refractivity contribution in [1.29, 1.82) is 5.26 Å². The summed E-state index contributed by atoms with van der Waals surface area (Å²) in [4.78, 5) is 24.3. The van der Waals surface area contributed by atoms with Crippen molar-refractivity contribution < 1.29 is 9.53 Å². The number of hydrogen-bond acceptors (Lipinski definition) is 6. The van der Waals surface area contributed by atoms with Crippen LogP contribution in [-0.4, -0.2) is 32.0 Å². The minimum Gasteiger partial charge on any atom is -0.475 e. The number of nitrogens with one attached hydrogen (secondary N) is 1. The molecule has 2 aromatic heterocycles. The lowest BCUT2D eigenvalue weighted by Gasteiger charge is -2.09. The molecule has 0 bridgehead atoms. The van der Waals surface area contributed by atoms with E-state index in [-0.39, 0.29) is 36.7 Å². The summed E-state index contributed by atoms with van der Waals surface area (Å²) in [7, 11) is 1.79. The van der Waals surface area contributed by atoms with Crippen molar-refractivity contribution >= 4 is 23.0 Å². The highest BCUT2D eigenvalue weighted by atomic mass is 16.5. The molecule has 0 unspecified atom stereocenters. The maximum Gasteiger partial charge on any atom is 0.247 e. The third kappa shape index (κ3) is 4.64. The first-order chi connectivity index (χ1) is 11.0. The number of rotatable bonds is 5.